The average molecular weight is 337 g/mol. The Morgan fingerprint density at radius 3 is 2.75 bits per heavy atom. The first-order valence-electron chi connectivity index (χ1n) is 7.88. The molecule has 0 aliphatic carbocycles. The number of nitrogens with zero attached hydrogens (tertiary/aromatic N) is 2. The lowest BCUT2D eigenvalue weighted by molar-refractivity contribution is -0.121. The first-order valence-corrected chi connectivity index (χ1v) is 8.76. The highest BCUT2D eigenvalue weighted by Crippen LogP contribution is 2.26. The van der Waals surface area contributed by atoms with Gasteiger partial charge in [0.25, 0.3) is 0 Å². The molecule has 0 saturated heterocycles. The SMILES string of the molecule is Cc1ccccc1-c1nc(CCC(=O)NCc2ccncc2)cs1. The van der Waals surface area contributed by atoms with Gasteiger partial charge in [-0.05, 0) is 36.6 Å². The molecule has 1 amide bonds. The first-order chi connectivity index (χ1) is 11.7. The number of aryl methyl sites for hydroxylation is 2. The molecule has 0 fully saturated rings. The molecular formula is C19H19N3OS. The van der Waals surface area contributed by atoms with Gasteiger partial charge in [-0.25, -0.2) is 4.98 Å². The van der Waals surface area contributed by atoms with Crippen molar-refractivity contribution in [2.24, 2.45) is 0 Å². The van der Waals surface area contributed by atoms with Crippen molar-refractivity contribution in [1.29, 1.82) is 0 Å². The fourth-order valence-electron chi connectivity index (χ4n) is 2.39. The maximum absolute atomic E-state index is 12.0. The second-order valence-corrected chi connectivity index (χ2v) is 6.45. The normalized spacial score (nSPS) is 10.5. The van der Waals surface area contributed by atoms with E-state index in [4.69, 9.17) is 0 Å². The molecule has 24 heavy (non-hydrogen) atoms. The minimum Gasteiger partial charge on any atom is -0.352 e. The summed E-state index contributed by atoms with van der Waals surface area (Å²) in [6.07, 6.45) is 4.56. The van der Waals surface area contributed by atoms with Crippen LogP contribution in [0.4, 0.5) is 0 Å². The molecule has 3 rings (SSSR count). The monoisotopic (exact) mass is 337 g/mol. The van der Waals surface area contributed by atoms with Gasteiger partial charge in [0.15, 0.2) is 0 Å². The van der Waals surface area contributed by atoms with Crippen molar-refractivity contribution in [3.05, 3.63) is 71.0 Å². The highest BCUT2D eigenvalue weighted by molar-refractivity contribution is 7.13. The van der Waals surface area contributed by atoms with Gasteiger partial charge in [-0.15, -0.1) is 11.3 Å². The van der Waals surface area contributed by atoms with E-state index >= 15 is 0 Å². The van der Waals surface area contributed by atoms with Gasteiger partial charge in [-0.3, -0.25) is 9.78 Å². The van der Waals surface area contributed by atoms with E-state index in [1.165, 1.54) is 5.56 Å². The number of amides is 1. The molecule has 122 valence electrons. The summed E-state index contributed by atoms with van der Waals surface area (Å²) in [4.78, 5) is 20.6. The van der Waals surface area contributed by atoms with Crippen LogP contribution in [0.2, 0.25) is 0 Å². The fraction of sp³-hybridized carbons (Fsp3) is 0.211. The predicted octanol–water partition coefficient (Wildman–Crippen LogP) is 3.76. The van der Waals surface area contributed by atoms with E-state index < -0.39 is 0 Å². The number of hydrogen-bond donors (Lipinski definition) is 1. The topological polar surface area (TPSA) is 54.9 Å². The number of pyridine rings is 1. The number of thiazole rings is 1. The number of hydrogen-bond acceptors (Lipinski definition) is 4. The average Bonchev–Trinajstić information content (AvgIpc) is 3.08. The van der Waals surface area contributed by atoms with Crippen LogP contribution in [-0.2, 0) is 17.8 Å². The Bertz CT molecular complexity index is 814. The molecule has 5 heteroatoms. The molecule has 0 atom stereocenters. The van der Waals surface area contributed by atoms with Gasteiger partial charge in [0, 0.05) is 36.3 Å². The van der Waals surface area contributed by atoms with E-state index in [2.05, 4.69) is 34.3 Å². The lowest BCUT2D eigenvalue weighted by Crippen LogP contribution is -2.23. The Balaban J connectivity index is 1.52. The van der Waals surface area contributed by atoms with Gasteiger partial charge < -0.3 is 5.32 Å². The summed E-state index contributed by atoms with van der Waals surface area (Å²) in [6.45, 7) is 2.62. The number of nitrogens with one attached hydrogen (secondary N) is 1. The summed E-state index contributed by atoms with van der Waals surface area (Å²) in [5.41, 5.74) is 4.40. The number of benzene rings is 1. The largest absolute Gasteiger partial charge is 0.352 e. The van der Waals surface area contributed by atoms with Crippen LogP contribution < -0.4 is 5.32 Å². The minimum atomic E-state index is 0.0391. The number of carbonyl (C=O) groups is 1. The molecular weight excluding hydrogens is 318 g/mol. The third-order valence-corrected chi connectivity index (χ3v) is 4.70. The molecule has 1 N–H and O–H groups in total. The van der Waals surface area contributed by atoms with Crippen LogP contribution >= 0.6 is 11.3 Å². The summed E-state index contributed by atoms with van der Waals surface area (Å²) in [6, 6.07) is 12.0. The van der Waals surface area contributed by atoms with E-state index in [0.29, 0.717) is 19.4 Å². The maximum Gasteiger partial charge on any atom is 0.220 e. The van der Waals surface area contributed by atoms with E-state index in [-0.39, 0.29) is 5.91 Å². The molecule has 0 aliphatic rings. The number of aromatic nitrogens is 2. The van der Waals surface area contributed by atoms with Crippen molar-refractivity contribution >= 4 is 17.2 Å². The zero-order valence-corrected chi connectivity index (χ0v) is 14.3. The van der Waals surface area contributed by atoms with Crippen molar-refractivity contribution in [1.82, 2.24) is 15.3 Å². The maximum atomic E-state index is 12.0. The van der Waals surface area contributed by atoms with Gasteiger partial charge in [0.2, 0.25) is 5.91 Å². The molecule has 0 aliphatic heterocycles. The van der Waals surface area contributed by atoms with E-state index in [0.717, 1.165) is 21.8 Å². The second-order valence-electron chi connectivity index (χ2n) is 5.59. The third kappa shape index (κ3) is 4.26. The summed E-state index contributed by atoms with van der Waals surface area (Å²) >= 11 is 1.63. The van der Waals surface area contributed by atoms with Crippen LogP contribution in [-0.4, -0.2) is 15.9 Å². The van der Waals surface area contributed by atoms with Crippen LogP contribution in [0, 0.1) is 6.92 Å². The molecule has 3 aromatic rings. The van der Waals surface area contributed by atoms with Crippen molar-refractivity contribution in [3.63, 3.8) is 0 Å². The molecule has 0 radical (unpaired) electrons. The van der Waals surface area contributed by atoms with Crippen molar-refractivity contribution < 1.29 is 4.79 Å². The van der Waals surface area contributed by atoms with Crippen molar-refractivity contribution in [3.8, 4) is 10.6 Å². The lowest BCUT2D eigenvalue weighted by atomic mass is 10.1. The van der Waals surface area contributed by atoms with Gasteiger partial charge in [-0.1, -0.05) is 24.3 Å². The van der Waals surface area contributed by atoms with Crippen LogP contribution in [0.15, 0.2) is 54.2 Å². The van der Waals surface area contributed by atoms with Gasteiger partial charge in [-0.2, -0.15) is 0 Å². The second kappa shape index (κ2) is 7.84. The fourth-order valence-corrected chi connectivity index (χ4v) is 3.33. The van der Waals surface area contributed by atoms with Gasteiger partial charge >= 0.3 is 0 Å². The van der Waals surface area contributed by atoms with Crippen molar-refractivity contribution in [2.45, 2.75) is 26.3 Å². The van der Waals surface area contributed by atoms with E-state index in [1.54, 1.807) is 23.7 Å². The summed E-state index contributed by atoms with van der Waals surface area (Å²) in [5.74, 6) is 0.0391. The molecule has 1 aromatic carbocycles. The molecule has 0 bridgehead atoms. The Kier molecular flexibility index (Phi) is 5.33. The molecule has 0 spiro atoms. The zero-order chi connectivity index (χ0) is 16.8. The number of rotatable bonds is 6. The molecule has 4 nitrogen and oxygen atoms in total. The Morgan fingerprint density at radius 2 is 1.96 bits per heavy atom. The molecule has 0 unspecified atom stereocenters. The highest BCUT2D eigenvalue weighted by atomic mass is 32.1. The minimum absolute atomic E-state index is 0.0391. The summed E-state index contributed by atoms with van der Waals surface area (Å²) < 4.78 is 0. The zero-order valence-electron chi connectivity index (χ0n) is 13.5. The van der Waals surface area contributed by atoms with E-state index in [9.17, 15) is 4.79 Å². The molecule has 0 saturated carbocycles. The predicted molar refractivity (Wildman–Crippen MR) is 96.7 cm³/mol. The van der Waals surface area contributed by atoms with Gasteiger partial charge in [0.05, 0.1) is 5.69 Å². The highest BCUT2D eigenvalue weighted by Gasteiger charge is 2.09. The summed E-state index contributed by atoms with van der Waals surface area (Å²) in [5, 5.41) is 5.98. The lowest BCUT2D eigenvalue weighted by Gasteiger charge is -2.04. The Morgan fingerprint density at radius 1 is 1.17 bits per heavy atom. The Hall–Kier alpha value is -2.53. The van der Waals surface area contributed by atoms with Crippen molar-refractivity contribution in [2.75, 3.05) is 0 Å². The van der Waals surface area contributed by atoms with E-state index in [1.807, 2.05) is 29.6 Å². The van der Waals surface area contributed by atoms with Crippen LogP contribution in [0.25, 0.3) is 10.6 Å². The van der Waals surface area contributed by atoms with Gasteiger partial charge in [0.1, 0.15) is 5.01 Å². The molecule has 2 aromatic heterocycles. The first kappa shape index (κ1) is 16.3. The summed E-state index contributed by atoms with van der Waals surface area (Å²) in [7, 11) is 0. The molecule has 2 heterocycles. The van der Waals surface area contributed by atoms with Crippen LogP contribution in [0.3, 0.4) is 0 Å². The standard InChI is InChI=1S/C19H19N3OS/c1-14-4-2-3-5-17(14)19-22-16(13-24-19)6-7-18(23)21-12-15-8-10-20-11-9-15/h2-5,8-11,13H,6-7,12H2,1H3,(H,21,23). The Labute approximate surface area is 145 Å². The number of carbonyl (C=O) groups excluding carboxylic acids is 1. The third-order valence-electron chi connectivity index (χ3n) is 3.77. The van der Waals surface area contributed by atoms with Crippen LogP contribution in [0.1, 0.15) is 23.2 Å². The smallest absolute Gasteiger partial charge is 0.220 e. The quantitative estimate of drug-likeness (QED) is 0.745. The van der Waals surface area contributed by atoms with Crippen LogP contribution in [0.5, 0.6) is 0 Å².